The summed E-state index contributed by atoms with van der Waals surface area (Å²) in [5.41, 5.74) is 11.4. The molecule has 0 aliphatic heterocycles. The largest absolute Gasteiger partial charge is 0.309 e. The van der Waals surface area contributed by atoms with Gasteiger partial charge >= 0.3 is 0 Å². The molecule has 48 heavy (non-hydrogen) atoms. The number of rotatable bonds is 4. The van der Waals surface area contributed by atoms with Crippen molar-refractivity contribution in [2.75, 3.05) is 0 Å². The monoisotopic (exact) mass is 611 g/mol. The lowest BCUT2D eigenvalue weighted by Crippen LogP contribution is -1.96. The lowest BCUT2D eigenvalue weighted by atomic mass is 9.98. The molecule has 0 N–H and O–H groups in total. The SMILES string of the molecule is c1ccc(-c2ccc(-c3nc(-c4ccccc4)n4c5ccccc5c5cc6c(cc5c34)c3ccccc3n6-c3ccccc3)cc2)cc1. The highest BCUT2D eigenvalue weighted by Crippen LogP contribution is 2.43. The summed E-state index contributed by atoms with van der Waals surface area (Å²) in [5.74, 6) is 0.942. The topological polar surface area (TPSA) is 22.2 Å². The van der Waals surface area contributed by atoms with E-state index in [1.807, 2.05) is 0 Å². The van der Waals surface area contributed by atoms with Crippen LogP contribution in [0.4, 0.5) is 0 Å². The Hall–Kier alpha value is -6.45. The summed E-state index contributed by atoms with van der Waals surface area (Å²) in [6, 6.07) is 63.0. The molecule has 0 radical (unpaired) electrons. The summed E-state index contributed by atoms with van der Waals surface area (Å²) < 4.78 is 4.79. The van der Waals surface area contributed by atoms with Crippen molar-refractivity contribution in [3.63, 3.8) is 0 Å². The first-order valence-corrected chi connectivity index (χ1v) is 16.4. The second-order valence-electron chi connectivity index (χ2n) is 12.4. The highest BCUT2D eigenvalue weighted by molar-refractivity contribution is 6.23. The number of hydrogen-bond acceptors (Lipinski definition) is 1. The second-order valence-corrected chi connectivity index (χ2v) is 12.4. The molecule has 0 unspecified atom stereocenters. The maximum Gasteiger partial charge on any atom is 0.145 e. The molecule has 0 saturated heterocycles. The van der Waals surface area contributed by atoms with Crippen molar-refractivity contribution in [3.05, 3.63) is 176 Å². The summed E-state index contributed by atoms with van der Waals surface area (Å²) in [7, 11) is 0. The van der Waals surface area contributed by atoms with Crippen LogP contribution < -0.4 is 0 Å². The number of pyridine rings is 1. The summed E-state index contributed by atoms with van der Waals surface area (Å²) >= 11 is 0. The van der Waals surface area contributed by atoms with E-state index in [9.17, 15) is 0 Å². The van der Waals surface area contributed by atoms with E-state index in [-0.39, 0.29) is 0 Å². The molecule has 0 amide bonds. The normalized spacial score (nSPS) is 11.8. The first-order valence-electron chi connectivity index (χ1n) is 16.4. The number of hydrogen-bond donors (Lipinski definition) is 0. The Balaban J connectivity index is 1.36. The molecular weight excluding hydrogens is 583 g/mol. The molecule has 10 aromatic rings. The Bertz CT molecular complexity index is 2790. The van der Waals surface area contributed by atoms with Crippen molar-refractivity contribution in [1.82, 2.24) is 14.0 Å². The van der Waals surface area contributed by atoms with Crippen LogP contribution in [-0.2, 0) is 0 Å². The number of aromatic nitrogens is 3. The van der Waals surface area contributed by atoms with Crippen molar-refractivity contribution >= 4 is 49.0 Å². The third-order valence-electron chi connectivity index (χ3n) is 9.69. The third-order valence-corrected chi connectivity index (χ3v) is 9.69. The van der Waals surface area contributed by atoms with Crippen LogP contribution in [0.25, 0.3) is 88.5 Å². The number of imidazole rings is 1. The number of benzene rings is 7. The van der Waals surface area contributed by atoms with Gasteiger partial charge in [0.25, 0.3) is 0 Å². The second kappa shape index (κ2) is 10.5. The third kappa shape index (κ3) is 3.98. The Kier molecular flexibility index (Phi) is 5.87. The van der Waals surface area contributed by atoms with Crippen molar-refractivity contribution in [1.29, 1.82) is 0 Å². The van der Waals surface area contributed by atoms with Gasteiger partial charge in [-0.15, -0.1) is 0 Å². The maximum absolute atomic E-state index is 5.49. The summed E-state index contributed by atoms with van der Waals surface area (Å²) in [6.07, 6.45) is 0. The van der Waals surface area contributed by atoms with E-state index in [0.29, 0.717) is 0 Å². The van der Waals surface area contributed by atoms with E-state index in [2.05, 4.69) is 185 Å². The average Bonchev–Trinajstić information content (AvgIpc) is 3.72. The van der Waals surface area contributed by atoms with Crippen molar-refractivity contribution in [3.8, 4) is 39.5 Å². The van der Waals surface area contributed by atoms with Crippen LogP contribution in [-0.4, -0.2) is 14.0 Å². The molecule has 0 aliphatic carbocycles. The Morgan fingerprint density at radius 2 is 0.896 bits per heavy atom. The van der Waals surface area contributed by atoms with Gasteiger partial charge < -0.3 is 4.57 Å². The number of fused-ring (bicyclic) bond motifs is 9. The van der Waals surface area contributed by atoms with E-state index >= 15 is 0 Å². The molecule has 0 saturated carbocycles. The number of nitrogens with zero attached hydrogens (tertiary/aromatic N) is 3. The van der Waals surface area contributed by atoms with Gasteiger partial charge in [-0.05, 0) is 52.9 Å². The predicted octanol–water partition coefficient (Wildman–Crippen LogP) is 11.7. The van der Waals surface area contributed by atoms with Gasteiger partial charge in [-0.25, -0.2) is 4.98 Å². The van der Waals surface area contributed by atoms with Gasteiger partial charge in [0.1, 0.15) is 5.82 Å². The van der Waals surface area contributed by atoms with Crippen LogP contribution in [0.2, 0.25) is 0 Å². The van der Waals surface area contributed by atoms with Crippen LogP contribution in [0, 0.1) is 0 Å². The van der Waals surface area contributed by atoms with Gasteiger partial charge in [-0.3, -0.25) is 4.40 Å². The first-order chi connectivity index (χ1) is 23.8. The average molecular weight is 612 g/mol. The van der Waals surface area contributed by atoms with Crippen molar-refractivity contribution in [2.45, 2.75) is 0 Å². The predicted molar refractivity (Wildman–Crippen MR) is 201 cm³/mol. The van der Waals surface area contributed by atoms with Gasteiger partial charge in [-0.2, -0.15) is 0 Å². The zero-order valence-corrected chi connectivity index (χ0v) is 26.1. The maximum atomic E-state index is 5.49. The lowest BCUT2D eigenvalue weighted by molar-refractivity contribution is 1.18. The van der Waals surface area contributed by atoms with Crippen molar-refractivity contribution < 1.29 is 0 Å². The van der Waals surface area contributed by atoms with E-state index in [0.717, 1.165) is 39.4 Å². The molecule has 3 heterocycles. The molecular formula is C45H29N3. The fraction of sp³-hybridized carbons (Fsp3) is 0. The van der Waals surface area contributed by atoms with E-state index in [1.54, 1.807) is 0 Å². The molecule has 10 rings (SSSR count). The lowest BCUT2D eigenvalue weighted by Gasteiger charge is -2.13. The van der Waals surface area contributed by atoms with Gasteiger partial charge in [0.2, 0.25) is 0 Å². The van der Waals surface area contributed by atoms with E-state index < -0.39 is 0 Å². The molecule has 3 nitrogen and oxygen atoms in total. The fourth-order valence-electron chi connectivity index (χ4n) is 7.52. The summed E-state index contributed by atoms with van der Waals surface area (Å²) in [5, 5.41) is 6.07. The minimum absolute atomic E-state index is 0.942. The van der Waals surface area contributed by atoms with E-state index in [1.165, 1.54) is 49.1 Å². The molecule has 3 heteroatoms. The van der Waals surface area contributed by atoms with Crippen LogP contribution in [0.3, 0.4) is 0 Å². The van der Waals surface area contributed by atoms with Crippen molar-refractivity contribution in [2.24, 2.45) is 0 Å². The molecule has 0 atom stereocenters. The molecule has 224 valence electrons. The van der Waals surface area contributed by atoms with Gasteiger partial charge in [0.15, 0.2) is 0 Å². The molecule has 0 bridgehead atoms. The fourth-order valence-corrected chi connectivity index (χ4v) is 7.52. The Morgan fingerprint density at radius 1 is 0.354 bits per heavy atom. The van der Waals surface area contributed by atoms with Crippen LogP contribution in [0.15, 0.2) is 176 Å². The highest BCUT2D eigenvalue weighted by Gasteiger charge is 2.22. The first kappa shape index (κ1) is 26.7. The number of para-hydroxylation sites is 3. The molecule has 0 aliphatic rings. The standard InChI is InChI=1S/C45H29N3/c1-4-14-30(15-5-1)31-24-26-32(27-25-31)43-44-39-28-38-36-21-11-12-22-40(36)47(34-18-8-3-9-19-34)42(38)29-37(39)35-20-10-13-23-41(35)48(44)45(46-43)33-16-6-2-7-17-33/h1-29H. The summed E-state index contributed by atoms with van der Waals surface area (Å²) in [4.78, 5) is 5.49. The minimum Gasteiger partial charge on any atom is -0.309 e. The molecule has 7 aromatic carbocycles. The molecule has 0 spiro atoms. The van der Waals surface area contributed by atoms with Crippen LogP contribution >= 0.6 is 0 Å². The van der Waals surface area contributed by atoms with Crippen LogP contribution in [0.1, 0.15) is 0 Å². The quantitative estimate of drug-likeness (QED) is 0.182. The van der Waals surface area contributed by atoms with Gasteiger partial charge in [0, 0.05) is 38.4 Å². The zero-order valence-electron chi connectivity index (χ0n) is 26.1. The highest BCUT2D eigenvalue weighted by atomic mass is 15.0. The summed E-state index contributed by atoms with van der Waals surface area (Å²) in [6.45, 7) is 0. The Morgan fingerprint density at radius 3 is 1.60 bits per heavy atom. The minimum atomic E-state index is 0.942. The van der Waals surface area contributed by atoms with E-state index in [4.69, 9.17) is 4.98 Å². The Labute approximate surface area is 277 Å². The van der Waals surface area contributed by atoms with Gasteiger partial charge in [-0.1, -0.05) is 140 Å². The zero-order chi connectivity index (χ0) is 31.6. The molecule has 0 fully saturated rings. The van der Waals surface area contributed by atoms with Gasteiger partial charge in [0.05, 0.1) is 27.8 Å². The molecule has 3 aromatic heterocycles. The van der Waals surface area contributed by atoms with Crippen LogP contribution in [0.5, 0.6) is 0 Å². The smallest absolute Gasteiger partial charge is 0.145 e.